The van der Waals surface area contributed by atoms with Crippen molar-refractivity contribution in [2.24, 2.45) is 5.10 Å². The Labute approximate surface area is 239 Å². The van der Waals surface area contributed by atoms with Crippen molar-refractivity contribution in [2.45, 2.75) is 38.3 Å². The predicted octanol–water partition coefficient (Wildman–Crippen LogP) is 5.38. The van der Waals surface area contributed by atoms with Gasteiger partial charge in [-0.15, -0.1) is 11.3 Å². The molecule has 11 heteroatoms. The summed E-state index contributed by atoms with van der Waals surface area (Å²) in [7, 11) is 0. The minimum absolute atomic E-state index is 0.000839. The normalized spacial score (nSPS) is 12.8. The van der Waals surface area contributed by atoms with Crippen LogP contribution in [0.4, 0.5) is 5.69 Å². The summed E-state index contributed by atoms with van der Waals surface area (Å²) in [5.74, 6) is -0.277. The van der Waals surface area contributed by atoms with Crippen LogP contribution in [-0.2, 0) is 17.6 Å². The number of phenols is 1. The number of phenolic OH excluding ortho intramolecular Hbond substituents is 1. The summed E-state index contributed by atoms with van der Waals surface area (Å²) >= 11 is 8.81. The summed E-state index contributed by atoms with van der Waals surface area (Å²) in [5.41, 5.74) is 5.52. The van der Waals surface area contributed by atoms with Gasteiger partial charge in [-0.05, 0) is 75.1 Å². The average molecular weight is 582 g/mol. The molecule has 0 fully saturated rings. The highest BCUT2D eigenvalue weighted by molar-refractivity contribution is 7.99. The van der Waals surface area contributed by atoms with Crippen LogP contribution in [0.3, 0.4) is 0 Å². The number of hydrazone groups is 1. The van der Waals surface area contributed by atoms with Gasteiger partial charge in [0.2, 0.25) is 0 Å². The maximum atomic E-state index is 13.7. The molecule has 0 spiro atoms. The van der Waals surface area contributed by atoms with Gasteiger partial charge in [-0.2, -0.15) is 5.10 Å². The van der Waals surface area contributed by atoms with Gasteiger partial charge in [0, 0.05) is 40.3 Å². The van der Waals surface area contributed by atoms with Gasteiger partial charge in [-0.25, -0.2) is 10.4 Å². The van der Waals surface area contributed by atoms with Crippen LogP contribution in [0.5, 0.6) is 5.75 Å². The second-order valence-electron chi connectivity index (χ2n) is 9.05. The van der Waals surface area contributed by atoms with Gasteiger partial charge in [0.25, 0.3) is 11.5 Å². The molecular weight excluding hydrogens is 554 g/mol. The third kappa shape index (κ3) is 5.68. The molecule has 0 saturated heterocycles. The van der Waals surface area contributed by atoms with Gasteiger partial charge in [0.15, 0.2) is 5.16 Å². The number of thioether (sulfide) groups is 1. The monoisotopic (exact) mass is 581 g/mol. The number of thiophene rings is 1. The standard InChI is InChI=1S/C28H28ClN5O3S2/c1-3-33(4-2)20-11-8-17(22(35)14-20)15-30-32-24(36)16-38-28-31-26-25(21-6-5-7-23(21)39-26)27(37)34(28)19-12-9-18(29)10-13-19/h8-15,35H,3-7,16H2,1-2H3,(H,32,36). The van der Waals surface area contributed by atoms with E-state index in [2.05, 4.69) is 29.3 Å². The minimum atomic E-state index is -0.360. The van der Waals surface area contributed by atoms with Crippen LogP contribution in [0.25, 0.3) is 15.9 Å². The predicted molar refractivity (Wildman–Crippen MR) is 160 cm³/mol. The summed E-state index contributed by atoms with van der Waals surface area (Å²) in [4.78, 5) is 35.2. The molecule has 39 heavy (non-hydrogen) atoms. The molecule has 2 N–H and O–H groups in total. The van der Waals surface area contributed by atoms with Crippen molar-refractivity contribution in [2.75, 3.05) is 23.7 Å². The number of aryl methyl sites for hydroxylation is 2. The molecule has 0 atom stereocenters. The molecule has 1 aliphatic rings. The Morgan fingerprint density at radius 3 is 2.72 bits per heavy atom. The van der Waals surface area contributed by atoms with E-state index in [0.717, 1.165) is 43.6 Å². The topological polar surface area (TPSA) is 99.8 Å². The number of nitrogens with zero attached hydrogens (tertiary/aromatic N) is 4. The number of fused-ring (bicyclic) bond motifs is 3. The smallest absolute Gasteiger partial charge is 0.267 e. The number of aromatic nitrogens is 2. The number of carbonyl (C=O) groups excluding carboxylic acids is 1. The summed E-state index contributed by atoms with van der Waals surface area (Å²) in [5, 5.41) is 16.1. The van der Waals surface area contributed by atoms with E-state index in [0.29, 0.717) is 31.6 Å². The number of benzene rings is 2. The zero-order valence-corrected chi connectivity index (χ0v) is 24.0. The van der Waals surface area contributed by atoms with Gasteiger partial charge < -0.3 is 10.0 Å². The Hall–Kier alpha value is -3.34. The number of anilines is 1. The fourth-order valence-corrected chi connectivity index (χ4v) is 6.94. The lowest BCUT2D eigenvalue weighted by molar-refractivity contribution is -0.118. The van der Waals surface area contributed by atoms with Crippen molar-refractivity contribution in [1.82, 2.24) is 15.0 Å². The van der Waals surface area contributed by atoms with Crippen LogP contribution >= 0.6 is 34.7 Å². The van der Waals surface area contributed by atoms with Crippen molar-refractivity contribution in [3.8, 4) is 11.4 Å². The van der Waals surface area contributed by atoms with E-state index in [-0.39, 0.29) is 23.0 Å². The molecule has 1 amide bonds. The number of hydrogen-bond donors (Lipinski definition) is 2. The van der Waals surface area contributed by atoms with Crippen molar-refractivity contribution < 1.29 is 9.90 Å². The lowest BCUT2D eigenvalue weighted by Crippen LogP contribution is -2.24. The fraction of sp³-hybridized carbons (Fsp3) is 0.286. The molecule has 0 unspecified atom stereocenters. The molecule has 0 aliphatic heterocycles. The number of amides is 1. The molecule has 2 aromatic carbocycles. The van der Waals surface area contributed by atoms with Gasteiger partial charge in [-0.1, -0.05) is 23.4 Å². The second kappa shape index (κ2) is 11.8. The zero-order valence-electron chi connectivity index (χ0n) is 21.6. The molecule has 0 bridgehead atoms. The zero-order chi connectivity index (χ0) is 27.5. The van der Waals surface area contributed by atoms with Crippen LogP contribution in [0.2, 0.25) is 5.02 Å². The molecule has 0 radical (unpaired) electrons. The second-order valence-corrected chi connectivity index (χ2v) is 11.5. The average Bonchev–Trinajstić information content (AvgIpc) is 3.51. The lowest BCUT2D eigenvalue weighted by atomic mass is 10.2. The van der Waals surface area contributed by atoms with E-state index in [4.69, 9.17) is 16.6 Å². The highest BCUT2D eigenvalue weighted by Gasteiger charge is 2.24. The maximum absolute atomic E-state index is 13.7. The van der Waals surface area contributed by atoms with Crippen LogP contribution in [0, 0.1) is 0 Å². The van der Waals surface area contributed by atoms with Gasteiger partial charge in [0.05, 0.1) is 23.0 Å². The van der Waals surface area contributed by atoms with Gasteiger partial charge in [-0.3, -0.25) is 14.2 Å². The third-order valence-electron chi connectivity index (χ3n) is 6.66. The highest BCUT2D eigenvalue weighted by atomic mass is 35.5. The molecule has 8 nitrogen and oxygen atoms in total. The molecule has 4 aromatic rings. The molecular formula is C28H28ClN5O3S2. The van der Waals surface area contributed by atoms with Gasteiger partial charge >= 0.3 is 0 Å². The highest BCUT2D eigenvalue weighted by Crippen LogP contribution is 2.36. The first-order valence-electron chi connectivity index (χ1n) is 12.8. The Kier molecular flexibility index (Phi) is 8.25. The van der Waals surface area contributed by atoms with Crippen LogP contribution in [0.15, 0.2) is 57.5 Å². The van der Waals surface area contributed by atoms with E-state index in [9.17, 15) is 14.7 Å². The molecule has 2 heterocycles. The fourth-order valence-electron chi connectivity index (χ4n) is 4.70. The number of rotatable bonds is 9. The largest absolute Gasteiger partial charge is 0.507 e. The maximum Gasteiger partial charge on any atom is 0.267 e. The summed E-state index contributed by atoms with van der Waals surface area (Å²) in [6.07, 6.45) is 4.30. The van der Waals surface area contributed by atoms with Crippen LogP contribution < -0.4 is 15.9 Å². The SMILES string of the molecule is CCN(CC)c1ccc(C=NNC(=O)CSc2nc3sc4c(c3c(=O)n2-c2ccc(Cl)cc2)CCC4)c(O)c1. The van der Waals surface area contributed by atoms with E-state index < -0.39 is 0 Å². The molecule has 2 aromatic heterocycles. The first-order valence-corrected chi connectivity index (χ1v) is 14.9. The first-order chi connectivity index (χ1) is 18.9. The number of carbonyl (C=O) groups is 1. The molecule has 0 saturated carbocycles. The van der Waals surface area contributed by atoms with Crippen molar-refractivity contribution in [1.29, 1.82) is 0 Å². The van der Waals surface area contributed by atoms with E-state index in [1.165, 1.54) is 22.9 Å². The van der Waals surface area contributed by atoms with E-state index >= 15 is 0 Å². The Balaban J connectivity index is 1.34. The summed E-state index contributed by atoms with van der Waals surface area (Å²) < 4.78 is 1.56. The van der Waals surface area contributed by atoms with Crippen molar-refractivity contribution in [3.63, 3.8) is 0 Å². The lowest BCUT2D eigenvalue weighted by Gasteiger charge is -2.21. The Morgan fingerprint density at radius 2 is 2.00 bits per heavy atom. The molecule has 202 valence electrons. The van der Waals surface area contributed by atoms with Crippen molar-refractivity contribution >= 4 is 62.7 Å². The molecule has 1 aliphatic carbocycles. The van der Waals surface area contributed by atoms with Gasteiger partial charge in [0.1, 0.15) is 10.6 Å². The summed E-state index contributed by atoms with van der Waals surface area (Å²) in [6, 6.07) is 12.4. The van der Waals surface area contributed by atoms with Crippen LogP contribution in [0.1, 0.15) is 36.3 Å². The number of nitrogens with one attached hydrogen (secondary N) is 1. The molecule has 5 rings (SSSR count). The first kappa shape index (κ1) is 27.2. The third-order valence-corrected chi connectivity index (χ3v) is 9.04. The number of hydrogen-bond acceptors (Lipinski definition) is 8. The Morgan fingerprint density at radius 1 is 1.23 bits per heavy atom. The van der Waals surface area contributed by atoms with E-state index in [1.807, 2.05) is 6.07 Å². The van der Waals surface area contributed by atoms with Crippen LogP contribution in [-0.4, -0.2) is 45.6 Å². The van der Waals surface area contributed by atoms with E-state index in [1.54, 1.807) is 52.3 Å². The quantitative estimate of drug-likeness (QED) is 0.119. The summed E-state index contributed by atoms with van der Waals surface area (Å²) in [6.45, 7) is 5.77. The van der Waals surface area contributed by atoms with Crippen molar-refractivity contribution in [3.05, 3.63) is 73.8 Å². The minimum Gasteiger partial charge on any atom is -0.507 e. The number of aromatic hydroxyl groups is 1. The Bertz CT molecular complexity index is 1610. The number of halogens is 1.